The molecule has 0 aromatic heterocycles. The predicted octanol–water partition coefficient (Wildman–Crippen LogP) is 3.64. The molecule has 102 valence electrons. The van der Waals surface area contributed by atoms with E-state index in [9.17, 15) is 0 Å². The van der Waals surface area contributed by atoms with E-state index >= 15 is 0 Å². The first-order chi connectivity index (χ1) is 8.71. The van der Waals surface area contributed by atoms with Gasteiger partial charge in [-0.15, -0.1) is 0 Å². The zero-order valence-electron chi connectivity index (χ0n) is 12.0. The fraction of sp³-hybridized carbons (Fsp3) is 0.625. The van der Waals surface area contributed by atoms with Crippen molar-refractivity contribution < 1.29 is 4.74 Å². The van der Waals surface area contributed by atoms with Gasteiger partial charge in [-0.25, -0.2) is 0 Å². The molecule has 1 rings (SSSR count). The van der Waals surface area contributed by atoms with Crippen molar-refractivity contribution in [3.8, 4) is 5.75 Å². The quantitative estimate of drug-likeness (QED) is 0.763. The van der Waals surface area contributed by atoms with Gasteiger partial charge in [0.25, 0.3) is 0 Å². The molecule has 2 heteroatoms. The van der Waals surface area contributed by atoms with E-state index in [4.69, 9.17) is 10.5 Å². The second-order valence-electron chi connectivity index (χ2n) is 5.25. The molecule has 0 aliphatic rings. The average molecular weight is 249 g/mol. The maximum absolute atomic E-state index is 5.92. The lowest BCUT2D eigenvalue weighted by Gasteiger charge is -2.20. The van der Waals surface area contributed by atoms with Crippen LogP contribution >= 0.6 is 0 Å². The Balaban J connectivity index is 2.61. The van der Waals surface area contributed by atoms with E-state index in [0.29, 0.717) is 5.92 Å². The normalized spacial score (nSPS) is 14.2. The van der Waals surface area contributed by atoms with Crippen LogP contribution in [0.4, 0.5) is 0 Å². The second kappa shape index (κ2) is 8.15. The van der Waals surface area contributed by atoms with Crippen LogP contribution in [0.2, 0.25) is 0 Å². The number of para-hydroxylation sites is 1. The first-order valence-corrected chi connectivity index (χ1v) is 7.03. The van der Waals surface area contributed by atoms with Crippen LogP contribution in [0.5, 0.6) is 5.75 Å². The summed E-state index contributed by atoms with van der Waals surface area (Å²) in [5.74, 6) is 2.31. The predicted molar refractivity (Wildman–Crippen MR) is 77.9 cm³/mol. The Kier molecular flexibility index (Phi) is 6.81. The van der Waals surface area contributed by atoms with E-state index in [1.54, 1.807) is 7.11 Å². The van der Waals surface area contributed by atoms with Crippen molar-refractivity contribution >= 4 is 0 Å². The maximum atomic E-state index is 5.92. The fourth-order valence-corrected chi connectivity index (χ4v) is 2.63. The molecule has 0 heterocycles. The molecule has 1 aromatic rings. The van der Waals surface area contributed by atoms with Crippen LogP contribution in [0.25, 0.3) is 0 Å². The number of ether oxygens (including phenoxy) is 1. The van der Waals surface area contributed by atoms with Gasteiger partial charge in [-0.3, -0.25) is 0 Å². The van der Waals surface area contributed by atoms with Gasteiger partial charge in [-0.05, 0) is 42.9 Å². The molecule has 1 aromatic carbocycles. The number of hydrogen-bond acceptors (Lipinski definition) is 2. The molecule has 0 bridgehead atoms. The third-order valence-electron chi connectivity index (χ3n) is 3.55. The molecule has 0 fully saturated rings. The summed E-state index contributed by atoms with van der Waals surface area (Å²) in [6.45, 7) is 5.33. The molecule has 2 unspecified atom stereocenters. The van der Waals surface area contributed by atoms with Gasteiger partial charge in [0.05, 0.1) is 7.11 Å². The maximum Gasteiger partial charge on any atom is 0.122 e. The van der Waals surface area contributed by atoms with Crippen molar-refractivity contribution in [1.82, 2.24) is 0 Å². The van der Waals surface area contributed by atoms with Gasteiger partial charge in [-0.2, -0.15) is 0 Å². The molecular formula is C16H27NO. The zero-order valence-corrected chi connectivity index (χ0v) is 12.0. The highest BCUT2D eigenvalue weighted by Gasteiger charge is 2.14. The van der Waals surface area contributed by atoms with E-state index < -0.39 is 0 Å². The Morgan fingerprint density at radius 2 is 2.00 bits per heavy atom. The summed E-state index contributed by atoms with van der Waals surface area (Å²) in [6, 6.07) is 8.25. The monoisotopic (exact) mass is 249 g/mol. The minimum Gasteiger partial charge on any atom is -0.496 e. The molecule has 0 radical (unpaired) electrons. The van der Waals surface area contributed by atoms with Crippen molar-refractivity contribution in [1.29, 1.82) is 0 Å². The second-order valence-corrected chi connectivity index (χ2v) is 5.25. The van der Waals surface area contributed by atoms with E-state index in [2.05, 4.69) is 26.0 Å². The topological polar surface area (TPSA) is 35.2 Å². The highest BCUT2D eigenvalue weighted by molar-refractivity contribution is 5.33. The smallest absolute Gasteiger partial charge is 0.122 e. The number of hydrogen-bond donors (Lipinski definition) is 1. The molecule has 0 amide bonds. The molecule has 0 spiro atoms. The SMILES string of the molecule is CCCC(C)CC(CN)Cc1ccccc1OC. The number of benzene rings is 1. The van der Waals surface area contributed by atoms with Gasteiger partial charge in [0.15, 0.2) is 0 Å². The molecule has 2 nitrogen and oxygen atoms in total. The molecule has 0 aliphatic carbocycles. The lowest BCUT2D eigenvalue weighted by atomic mass is 9.88. The first-order valence-electron chi connectivity index (χ1n) is 7.03. The molecule has 2 atom stereocenters. The summed E-state index contributed by atoms with van der Waals surface area (Å²) in [5.41, 5.74) is 7.19. The molecule has 0 aliphatic heterocycles. The molecule has 2 N–H and O–H groups in total. The van der Waals surface area contributed by atoms with Gasteiger partial charge in [0.2, 0.25) is 0 Å². The van der Waals surface area contributed by atoms with E-state index in [1.165, 1.54) is 24.8 Å². The minimum absolute atomic E-state index is 0.558. The Labute approximate surface area is 112 Å². The van der Waals surface area contributed by atoms with Crippen LogP contribution in [0.1, 0.15) is 38.7 Å². The summed E-state index contributed by atoms with van der Waals surface area (Å²) in [4.78, 5) is 0. The summed E-state index contributed by atoms with van der Waals surface area (Å²) in [5, 5.41) is 0. The van der Waals surface area contributed by atoms with Crippen molar-refractivity contribution in [3.05, 3.63) is 29.8 Å². The van der Waals surface area contributed by atoms with E-state index in [-0.39, 0.29) is 0 Å². The molecular weight excluding hydrogens is 222 g/mol. The summed E-state index contributed by atoms with van der Waals surface area (Å²) in [7, 11) is 1.73. The number of rotatable bonds is 8. The number of nitrogens with two attached hydrogens (primary N) is 1. The minimum atomic E-state index is 0.558. The number of methoxy groups -OCH3 is 1. The van der Waals surface area contributed by atoms with Gasteiger partial charge in [-0.1, -0.05) is 44.9 Å². The van der Waals surface area contributed by atoms with Crippen molar-refractivity contribution in [2.75, 3.05) is 13.7 Å². The fourth-order valence-electron chi connectivity index (χ4n) is 2.63. The van der Waals surface area contributed by atoms with E-state index in [1.807, 2.05) is 12.1 Å². The molecule has 0 saturated heterocycles. The lowest BCUT2D eigenvalue weighted by molar-refractivity contribution is 0.364. The first kappa shape index (κ1) is 15.0. The Bertz CT molecular complexity index is 338. The highest BCUT2D eigenvalue weighted by Crippen LogP contribution is 2.25. The summed E-state index contributed by atoms with van der Waals surface area (Å²) < 4.78 is 5.40. The molecule has 0 saturated carbocycles. The van der Waals surface area contributed by atoms with Gasteiger partial charge in [0.1, 0.15) is 5.75 Å². The average Bonchev–Trinajstić information content (AvgIpc) is 2.38. The highest BCUT2D eigenvalue weighted by atomic mass is 16.5. The van der Waals surface area contributed by atoms with E-state index in [0.717, 1.165) is 24.6 Å². The lowest BCUT2D eigenvalue weighted by Crippen LogP contribution is -2.19. The largest absolute Gasteiger partial charge is 0.496 e. The third kappa shape index (κ3) is 4.69. The molecule has 18 heavy (non-hydrogen) atoms. The van der Waals surface area contributed by atoms with Gasteiger partial charge < -0.3 is 10.5 Å². The Morgan fingerprint density at radius 3 is 2.61 bits per heavy atom. The van der Waals surface area contributed by atoms with Crippen molar-refractivity contribution in [2.24, 2.45) is 17.6 Å². The van der Waals surface area contributed by atoms with Crippen LogP contribution < -0.4 is 10.5 Å². The van der Waals surface area contributed by atoms with Crippen LogP contribution in [0.3, 0.4) is 0 Å². The summed E-state index contributed by atoms with van der Waals surface area (Å²) in [6.07, 6.45) is 4.78. The van der Waals surface area contributed by atoms with Crippen LogP contribution in [0, 0.1) is 11.8 Å². The standard InChI is InChI=1S/C16H27NO/c1-4-7-13(2)10-14(12-17)11-15-8-5-6-9-16(15)18-3/h5-6,8-9,13-14H,4,7,10-12,17H2,1-3H3. The zero-order chi connectivity index (χ0) is 13.4. The third-order valence-corrected chi connectivity index (χ3v) is 3.55. The summed E-state index contributed by atoms with van der Waals surface area (Å²) >= 11 is 0. The van der Waals surface area contributed by atoms with Gasteiger partial charge in [0, 0.05) is 0 Å². The van der Waals surface area contributed by atoms with Crippen molar-refractivity contribution in [3.63, 3.8) is 0 Å². The van der Waals surface area contributed by atoms with Gasteiger partial charge >= 0.3 is 0 Å². The Morgan fingerprint density at radius 1 is 1.28 bits per heavy atom. The van der Waals surface area contributed by atoms with Crippen LogP contribution in [-0.2, 0) is 6.42 Å². The van der Waals surface area contributed by atoms with Crippen LogP contribution in [-0.4, -0.2) is 13.7 Å². The van der Waals surface area contributed by atoms with Crippen LogP contribution in [0.15, 0.2) is 24.3 Å². The Hall–Kier alpha value is -1.02. The van der Waals surface area contributed by atoms with Crippen molar-refractivity contribution in [2.45, 2.75) is 39.5 Å².